The zero-order valence-corrected chi connectivity index (χ0v) is 11.8. The largest absolute Gasteiger partial charge is 0.383 e. The van der Waals surface area contributed by atoms with Gasteiger partial charge >= 0.3 is 0 Å². The average molecular weight is 258 g/mol. The molecular weight excluding hydrogens is 232 g/mol. The molecule has 18 heavy (non-hydrogen) atoms. The third-order valence-corrected chi connectivity index (χ3v) is 3.45. The van der Waals surface area contributed by atoms with Crippen LogP contribution in [0.5, 0.6) is 0 Å². The van der Waals surface area contributed by atoms with Crippen molar-refractivity contribution in [2.24, 2.45) is 5.92 Å². The number of nitrogens with zero attached hydrogens (tertiary/aromatic N) is 1. The summed E-state index contributed by atoms with van der Waals surface area (Å²) in [7, 11) is 3.31. The molecule has 0 aliphatic carbocycles. The van der Waals surface area contributed by atoms with E-state index < -0.39 is 0 Å². The number of nitrogens with one attached hydrogen (secondary N) is 1. The quantitative estimate of drug-likeness (QED) is 0.722. The van der Waals surface area contributed by atoms with Crippen LogP contribution < -0.4 is 5.32 Å². The highest BCUT2D eigenvalue weighted by Gasteiger charge is 2.27. The van der Waals surface area contributed by atoms with Crippen LogP contribution in [0.1, 0.15) is 19.8 Å². The molecule has 0 saturated carbocycles. The number of piperidine rings is 1. The predicted molar refractivity (Wildman–Crippen MR) is 70.5 cm³/mol. The molecule has 0 radical (unpaired) electrons. The first-order valence-electron chi connectivity index (χ1n) is 6.69. The van der Waals surface area contributed by atoms with Crippen molar-refractivity contribution in [2.45, 2.75) is 25.8 Å². The fourth-order valence-corrected chi connectivity index (χ4v) is 2.20. The summed E-state index contributed by atoms with van der Waals surface area (Å²) in [6, 6.07) is 0.528. The first kappa shape index (κ1) is 15.4. The Morgan fingerprint density at radius 3 is 2.28 bits per heavy atom. The molecule has 0 aromatic heterocycles. The molecular formula is C13H26N2O3. The van der Waals surface area contributed by atoms with Crippen molar-refractivity contribution >= 4 is 5.91 Å². The van der Waals surface area contributed by atoms with E-state index in [-0.39, 0.29) is 11.8 Å². The van der Waals surface area contributed by atoms with Crippen molar-refractivity contribution in [3.05, 3.63) is 0 Å². The molecule has 1 heterocycles. The van der Waals surface area contributed by atoms with Crippen molar-refractivity contribution < 1.29 is 14.3 Å². The van der Waals surface area contributed by atoms with E-state index in [9.17, 15) is 4.79 Å². The van der Waals surface area contributed by atoms with E-state index >= 15 is 0 Å². The molecule has 5 nitrogen and oxygen atoms in total. The van der Waals surface area contributed by atoms with Crippen LogP contribution >= 0.6 is 0 Å². The standard InChI is InChI=1S/C13H26N2O3/c1-11-4-5-12(10-14-11)13(16)15(6-8-17-2)7-9-18-3/h11-12,14H,4-10H2,1-3H3. The highest BCUT2D eigenvalue weighted by molar-refractivity contribution is 5.79. The van der Waals surface area contributed by atoms with Gasteiger partial charge in [0.25, 0.3) is 0 Å². The molecule has 1 rings (SSSR count). The minimum Gasteiger partial charge on any atom is -0.383 e. The Morgan fingerprint density at radius 1 is 1.22 bits per heavy atom. The van der Waals surface area contributed by atoms with E-state index in [2.05, 4.69) is 12.2 Å². The number of rotatable bonds is 7. The fraction of sp³-hybridized carbons (Fsp3) is 0.923. The van der Waals surface area contributed by atoms with Gasteiger partial charge in [0.15, 0.2) is 0 Å². The highest BCUT2D eigenvalue weighted by atomic mass is 16.5. The van der Waals surface area contributed by atoms with Crippen LogP contribution in [0.2, 0.25) is 0 Å². The second-order valence-electron chi connectivity index (χ2n) is 4.89. The zero-order chi connectivity index (χ0) is 13.4. The Bertz CT molecular complexity index is 232. The maximum Gasteiger partial charge on any atom is 0.227 e. The lowest BCUT2D eigenvalue weighted by atomic mass is 9.94. The molecule has 2 unspecified atom stereocenters. The molecule has 106 valence electrons. The van der Waals surface area contributed by atoms with Crippen LogP contribution in [0, 0.1) is 5.92 Å². The van der Waals surface area contributed by atoms with Crippen molar-refractivity contribution in [3.8, 4) is 0 Å². The zero-order valence-electron chi connectivity index (χ0n) is 11.8. The number of ether oxygens (including phenoxy) is 2. The molecule has 0 spiro atoms. The molecule has 2 atom stereocenters. The monoisotopic (exact) mass is 258 g/mol. The summed E-state index contributed by atoms with van der Waals surface area (Å²) in [5, 5.41) is 3.37. The summed E-state index contributed by atoms with van der Waals surface area (Å²) in [6.07, 6.45) is 2.04. The summed E-state index contributed by atoms with van der Waals surface area (Å²) in [4.78, 5) is 14.2. The van der Waals surface area contributed by atoms with Gasteiger partial charge in [0.1, 0.15) is 0 Å². The molecule has 5 heteroatoms. The maximum absolute atomic E-state index is 12.4. The lowest BCUT2D eigenvalue weighted by Crippen LogP contribution is -2.47. The maximum atomic E-state index is 12.4. The van der Waals surface area contributed by atoms with E-state index in [1.54, 1.807) is 14.2 Å². The van der Waals surface area contributed by atoms with E-state index in [1.165, 1.54) is 0 Å². The number of carbonyl (C=O) groups excluding carboxylic acids is 1. The van der Waals surface area contributed by atoms with Gasteiger partial charge in [-0.1, -0.05) is 0 Å². The molecule has 1 saturated heterocycles. The van der Waals surface area contributed by atoms with Crippen LogP contribution in [-0.2, 0) is 14.3 Å². The van der Waals surface area contributed by atoms with Gasteiger partial charge in [-0.15, -0.1) is 0 Å². The smallest absolute Gasteiger partial charge is 0.227 e. The van der Waals surface area contributed by atoms with Crippen molar-refractivity contribution in [1.29, 1.82) is 0 Å². The molecule has 1 fully saturated rings. The van der Waals surface area contributed by atoms with Crippen LogP contribution in [0.3, 0.4) is 0 Å². The van der Waals surface area contributed by atoms with Crippen LogP contribution in [0.4, 0.5) is 0 Å². The van der Waals surface area contributed by atoms with Gasteiger partial charge in [0.05, 0.1) is 19.1 Å². The van der Waals surface area contributed by atoms with E-state index in [0.29, 0.717) is 32.3 Å². The second kappa shape index (κ2) is 8.45. The lowest BCUT2D eigenvalue weighted by molar-refractivity contribution is -0.137. The van der Waals surface area contributed by atoms with Gasteiger partial charge in [-0.2, -0.15) is 0 Å². The highest BCUT2D eigenvalue weighted by Crippen LogP contribution is 2.16. The Balaban J connectivity index is 2.46. The molecule has 0 aromatic rings. The van der Waals surface area contributed by atoms with Gasteiger partial charge in [-0.3, -0.25) is 4.79 Å². The number of hydrogen-bond donors (Lipinski definition) is 1. The average Bonchev–Trinajstić information content (AvgIpc) is 2.39. The summed E-state index contributed by atoms with van der Waals surface area (Å²) < 4.78 is 10.1. The summed E-state index contributed by atoms with van der Waals surface area (Å²) in [5.41, 5.74) is 0. The van der Waals surface area contributed by atoms with Crippen molar-refractivity contribution in [2.75, 3.05) is 47.1 Å². The first-order valence-corrected chi connectivity index (χ1v) is 6.69. The minimum atomic E-state index is 0.106. The van der Waals surface area contributed by atoms with Gasteiger partial charge in [0, 0.05) is 39.9 Å². The van der Waals surface area contributed by atoms with Gasteiger partial charge in [0.2, 0.25) is 5.91 Å². The van der Waals surface area contributed by atoms with E-state index in [4.69, 9.17) is 9.47 Å². The van der Waals surface area contributed by atoms with Crippen LogP contribution in [0.25, 0.3) is 0 Å². The molecule has 0 aromatic carbocycles. The molecule has 1 amide bonds. The number of amides is 1. The lowest BCUT2D eigenvalue weighted by Gasteiger charge is -2.31. The summed E-state index contributed by atoms with van der Waals surface area (Å²) >= 11 is 0. The van der Waals surface area contributed by atoms with E-state index in [0.717, 1.165) is 19.4 Å². The normalized spacial score (nSPS) is 23.9. The SMILES string of the molecule is COCCN(CCOC)C(=O)C1CCC(C)NC1. The molecule has 1 aliphatic rings. The number of methoxy groups -OCH3 is 2. The van der Waals surface area contributed by atoms with Gasteiger partial charge < -0.3 is 19.7 Å². The molecule has 1 N–H and O–H groups in total. The minimum absolute atomic E-state index is 0.106. The van der Waals surface area contributed by atoms with E-state index in [1.807, 2.05) is 4.90 Å². The first-order chi connectivity index (χ1) is 8.69. The third kappa shape index (κ3) is 4.92. The predicted octanol–water partition coefficient (Wildman–Crippen LogP) is 0.496. The second-order valence-corrected chi connectivity index (χ2v) is 4.89. The topological polar surface area (TPSA) is 50.8 Å². The van der Waals surface area contributed by atoms with Gasteiger partial charge in [-0.05, 0) is 19.8 Å². The Kier molecular flexibility index (Phi) is 7.23. The summed E-state index contributed by atoms with van der Waals surface area (Å²) in [5.74, 6) is 0.332. The Morgan fingerprint density at radius 2 is 1.83 bits per heavy atom. The third-order valence-electron chi connectivity index (χ3n) is 3.45. The fourth-order valence-electron chi connectivity index (χ4n) is 2.20. The van der Waals surface area contributed by atoms with Gasteiger partial charge in [-0.25, -0.2) is 0 Å². The van der Waals surface area contributed by atoms with Crippen molar-refractivity contribution in [3.63, 3.8) is 0 Å². The Labute approximate surface area is 110 Å². The van der Waals surface area contributed by atoms with Crippen molar-refractivity contribution in [1.82, 2.24) is 10.2 Å². The summed E-state index contributed by atoms with van der Waals surface area (Å²) in [6.45, 7) is 5.39. The van der Waals surface area contributed by atoms with Crippen LogP contribution in [-0.4, -0.2) is 63.9 Å². The molecule has 0 bridgehead atoms. The molecule has 1 aliphatic heterocycles. The number of carbonyl (C=O) groups is 1. The Hall–Kier alpha value is -0.650. The number of hydrogen-bond acceptors (Lipinski definition) is 4. The van der Waals surface area contributed by atoms with Crippen LogP contribution in [0.15, 0.2) is 0 Å².